The van der Waals surface area contributed by atoms with Gasteiger partial charge in [-0.3, -0.25) is 0 Å². The number of hydrogen-bond donors (Lipinski definition) is 1. The van der Waals surface area contributed by atoms with Crippen LogP contribution in [0.25, 0.3) is 0 Å². The lowest BCUT2D eigenvalue weighted by molar-refractivity contribution is 0.0446. The maximum absolute atomic E-state index is 6.09. The highest BCUT2D eigenvalue weighted by Gasteiger charge is 2.46. The lowest BCUT2D eigenvalue weighted by atomic mass is 9.68. The van der Waals surface area contributed by atoms with Gasteiger partial charge in [0, 0.05) is 5.92 Å². The van der Waals surface area contributed by atoms with E-state index in [1.165, 1.54) is 24.8 Å². The Morgan fingerprint density at radius 1 is 1.29 bits per heavy atom. The molecule has 92 valence electrons. The minimum absolute atomic E-state index is 0.306. The molecule has 1 aliphatic carbocycles. The van der Waals surface area contributed by atoms with Gasteiger partial charge in [0.2, 0.25) is 0 Å². The molecule has 0 bridgehead atoms. The number of rotatable bonds is 0. The molecule has 1 aliphatic heterocycles. The second-order valence-electron chi connectivity index (χ2n) is 5.83. The van der Waals surface area contributed by atoms with E-state index in [0.717, 1.165) is 11.7 Å². The molecule has 2 heteroatoms. The van der Waals surface area contributed by atoms with Gasteiger partial charge in [-0.15, -0.1) is 12.6 Å². The Kier molecular flexibility index (Phi) is 2.66. The van der Waals surface area contributed by atoms with Gasteiger partial charge >= 0.3 is 0 Å². The zero-order valence-corrected chi connectivity index (χ0v) is 11.4. The van der Waals surface area contributed by atoms with Crippen molar-refractivity contribution in [3.63, 3.8) is 0 Å². The molecule has 0 aromatic heterocycles. The third kappa shape index (κ3) is 1.87. The van der Waals surface area contributed by atoms with Crippen molar-refractivity contribution in [3.8, 4) is 5.75 Å². The number of benzene rings is 1. The zero-order valence-electron chi connectivity index (χ0n) is 10.5. The van der Waals surface area contributed by atoms with Crippen LogP contribution in [-0.4, -0.2) is 4.93 Å². The number of fused-ring (bicyclic) bond motifs is 3. The predicted octanol–water partition coefficient (Wildman–Crippen LogP) is 4.24. The monoisotopic (exact) mass is 248 g/mol. The van der Waals surface area contributed by atoms with Gasteiger partial charge in [-0.1, -0.05) is 31.5 Å². The summed E-state index contributed by atoms with van der Waals surface area (Å²) in [6.07, 6.45) is 3.82. The molecule has 0 radical (unpaired) electrons. The molecule has 0 spiro atoms. The van der Waals surface area contributed by atoms with E-state index >= 15 is 0 Å². The van der Waals surface area contributed by atoms with Gasteiger partial charge in [-0.25, -0.2) is 0 Å². The molecule has 0 saturated heterocycles. The lowest BCUT2D eigenvalue weighted by Crippen LogP contribution is -2.44. The normalized spacial score (nSPS) is 40.1. The molecule has 1 fully saturated rings. The standard InChI is InChI=1S/C15H20OS/c1-10-7-8-13-12(9-10)11-5-3-4-6-14(11)16-15(13,2)17/h3-6,10,12-13,17H,7-9H2,1-2H3/t10?,12-,13+,15?/m0/s1. The van der Waals surface area contributed by atoms with Gasteiger partial charge in [-0.05, 0) is 43.2 Å². The molecule has 1 aromatic carbocycles. The summed E-state index contributed by atoms with van der Waals surface area (Å²) in [4.78, 5) is -0.306. The molecule has 1 nitrogen and oxygen atoms in total. The average molecular weight is 248 g/mol. The Morgan fingerprint density at radius 2 is 2.06 bits per heavy atom. The van der Waals surface area contributed by atoms with Crippen LogP contribution in [-0.2, 0) is 0 Å². The molecule has 1 aromatic rings. The summed E-state index contributed by atoms with van der Waals surface area (Å²) in [6.45, 7) is 4.49. The number of ether oxygens (including phenoxy) is 1. The zero-order chi connectivity index (χ0) is 12.0. The highest BCUT2D eigenvalue weighted by molar-refractivity contribution is 7.81. The first-order valence-electron chi connectivity index (χ1n) is 6.58. The van der Waals surface area contributed by atoms with Crippen LogP contribution < -0.4 is 4.74 Å². The second-order valence-corrected chi connectivity index (χ2v) is 6.71. The van der Waals surface area contributed by atoms with Crippen LogP contribution in [0.2, 0.25) is 0 Å². The first-order chi connectivity index (χ1) is 8.08. The van der Waals surface area contributed by atoms with Crippen molar-refractivity contribution in [1.29, 1.82) is 0 Å². The van der Waals surface area contributed by atoms with Crippen LogP contribution in [0.1, 0.15) is 44.6 Å². The highest BCUT2D eigenvalue weighted by Crippen LogP contribution is 2.53. The minimum atomic E-state index is -0.306. The first kappa shape index (κ1) is 11.5. The van der Waals surface area contributed by atoms with Gasteiger partial charge in [0.05, 0.1) is 0 Å². The molecule has 2 unspecified atom stereocenters. The van der Waals surface area contributed by atoms with E-state index in [1.54, 1.807) is 0 Å². The molecular weight excluding hydrogens is 228 g/mol. The molecule has 4 atom stereocenters. The second kappa shape index (κ2) is 3.94. The number of hydrogen-bond acceptors (Lipinski definition) is 2. The summed E-state index contributed by atoms with van der Waals surface area (Å²) < 4.78 is 6.09. The van der Waals surface area contributed by atoms with Crippen LogP contribution in [0.5, 0.6) is 5.75 Å². The molecule has 0 amide bonds. The summed E-state index contributed by atoms with van der Waals surface area (Å²) in [5.74, 6) is 3.05. The minimum Gasteiger partial charge on any atom is -0.477 e. The third-order valence-electron chi connectivity index (χ3n) is 4.44. The van der Waals surface area contributed by atoms with E-state index in [-0.39, 0.29) is 4.93 Å². The lowest BCUT2D eigenvalue weighted by Gasteiger charge is -2.47. The van der Waals surface area contributed by atoms with E-state index in [9.17, 15) is 0 Å². The summed E-state index contributed by atoms with van der Waals surface area (Å²) in [6, 6.07) is 8.49. The molecule has 1 saturated carbocycles. The van der Waals surface area contributed by atoms with E-state index in [1.807, 2.05) is 0 Å². The number of para-hydroxylation sites is 1. The summed E-state index contributed by atoms with van der Waals surface area (Å²) in [5.41, 5.74) is 1.40. The van der Waals surface area contributed by atoms with Crippen molar-refractivity contribution >= 4 is 12.6 Å². The van der Waals surface area contributed by atoms with Crippen molar-refractivity contribution in [3.05, 3.63) is 29.8 Å². The van der Waals surface area contributed by atoms with Crippen molar-refractivity contribution in [1.82, 2.24) is 0 Å². The van der Waals surface area contributed by atoms with Crippen molar-refractivity contribution in [2.24, 2.45) is 11.8 Å². The van der Waals surface area contributed by atoms with Crippen molar-refractivity contribution < 1.29 is 4.74 Å². The topological polar surface area (TPSA) is 9.23 Å². The van der Waals surface area contributed by atoms with Gasteiger partial charge in [0.25, 0.3) is 0 Å². The Bertz CT molecular complexity index is 427. The molecule has 17 heavy (non-hydrogen) atoms. The number of thiol groups is 1. The molecule has 2 aliphatic rings. The van der Waals surface area contributed by atoms with E-state index in [0.29, 0.717) is 11.8 Å². The maximum Gasteiger partial charge on any atom is 0.152 e. The average Bonchev–Trinajstić information content (AvgIpc) is 2.28. The predicted molar refractivity (Wildman–Crippen MR) is 73.7 cm³/mol. The van der Waals surface area contributed by atoms with Gasteiger partial charge in [0.15, 0.2) is 4.93 Å². The fourth-order valence-corrected chi connectivity index (χ4v) is 3.95. The van der Waals surface area contributed by atoms with Crippen molar-refractivity contribution in [2.45, 2.75) is 44.0 Å². The first-order valence-corrected chi connectivity index (χ1v) is 7.03. The van der Waals surface area contributed by atoms with E-state index in [4.69, 9.17) is 17.4 Å². The Balaban J connectivity index is 2.05. The van der Waals surface area contributed by atoms with Crippen LogP contribution in [0, 0.1) is 11.8 Å². The van der Waals surface area contributed by atoms with Crippen LogP contribution in [0.15, 0.2) is 24.3 Å². The Labute approximate surface area is 109 Å². The Hall–Kier alpha value is -0.630. The van der Waals surface area contributed by atoms with Crippen molar-refractivity contribution in [2.75, 3.05) is 0 Å². The van der Waals surface area contributed by atoms with Gasteiger partial charge in [0.1, 0.15) is 5.75 Å². The smallest absolute Gasteiger partial charge is 0.152 e. The maximum atomic E-state index is 6.09. The van der Waals surface area contributed by atoms with Gasteiger partial charge in [-0.2, -0.15) is 0 Å². The van der Waals surface area contributed by atoms with E-state index in [2.05, 4.69) is 38.1 Å². The van der Waals surface area contributed by atoms with E-state index < -0.39 is 0 Å². The summed E-state index contributed by atoms with van der Waals surface area (Å²) >= 11 is 4.77. The van der Waals surface area contributed by atoms with Crippen LogP contribution in [0.4, 0.5) is 0 Å². The highest BCUT2D eigenvalue weighted by atomic mass is 32.1. The fourth-order valence-electron chi connectivity index (χ4n) is 3.54. The fraction of sp³-hybridized carbons (Fsp3) is 0.600. The molecule has 3 rings (SSSR count). The van der Waals surface area contributed by atoms with Gasteiger partial charge < -0.3 is 4.74 Å². The summed E-state index contributed by atoms with van der Waals surface area (Å²) in [5, 5.41) is 0. The molecular formula is C15H20OS. The van der Waals surface area contributed by atoms with Crippen LogP contribution >= 0.6 is 12.6 Å². The quantitative estimate of drug-likeness (QED) is 0.675. The summed E-state index contributed by atoms with van der Waals surface area (Å²) in [7, 11) is 0. The molecule has 0 N–H and O–H groups in total. The SMILES string of the molecule is CC1CC[C@@H]2[C@@H](C1)c1ccccc1OC2(C)S. The third-order valence-corrected chi connectivity index (χ3v) is 4.86. The van der Waals surface area contributed by atoms with Crippen LogP contribution in [0.3, 0.4) is 0 Å². The Morgan fingerprint density at radius 3 is 2.88 bits per heavy atom. The largest absolute Gasteiger partial charge is 0.477 e. The molecule has 1 heterocycles.